The smallest absolute Gasteiger partial charge is 0.255 e. The first-order chi connectivity index (χ1) is 10.6. The van der Waals surface area contributed by atoms with E-state index >= 15 is 0 Å². The third-order valence-electron chi connectivity index (χ3n) is 4.27. The minimum atomic E-state index is 0.0864. The molecule has 0 aliphatic carbocycles. The minimum Gasteiger partial charge on any atom is -0.340 e. The maximum atomic E-state index is 12.3. The van der Waals surface area contributed by atoms with Gasteiger partial charge in [0, 0.05) is 25.0 Å². The predicted molar refractivity (Wildman–Crippen MR) is 88.6 cm³/mol. The average molecular weight is 295 g/mol. The molecule has 0 spiro atoms. The Morgan fingerprint density at radius 3 is 2.59 bits per heavy atom. The van der Waals surface area contributed by atoms with Crippen molar-refractivity contribution in [1.82, 2.24) is 9.88 Å². The second-order valence-corrected chi connectivity index (χ2v) is 5.80. The number of amides is 1. The lowest BCUT2D eigenvalue weighted by atomic mass is 10.1. The molecule has 22 heavy (non-hydrogen) atoms. The van der Waals surface area contributed by atoms with Gasteiger partial charge >= 0.3 is 0 Å². The molecule has 0 unspecified atom stereocenters. The van der Waals surface area contributed by atoms with Crippen molar-refractivity contribution in [3.8, 4) is 0 Å². The van der Waals surface area contributed by atoms with Gasteiger partial charge in [-0.1, -0.05) is 12.1 Å². The number of hydrogen-bond acceptors (Lipinski definition) is 3. The highest BCUT2D eigenvalue weighted by molar-refractivity contribution is 5.94. The fourth-order valence-corrected chi connectivity index (χ4v) is 2.72. The summed E-state index contributed by atoms with van der Waals surface area (Å²) >= 11 is 0. The van der Waals surface area contributed by atoms with Crippen molar-refractivity contribution in [2.45, 2.75) is 26.7 Å². The van der Waals surface area contributed by atoms with E-state index in [0.29, 0.717) is 5.56 Å². The van der Waals surface area contributed by atoms with Crippen LogP contribution < -0.4 is 5.32 Å². The quantitative estimate of drug-likeness (QED) is 0.939. The molecule has 0 bridgehead atoms. The SMILES string of the molecule is Cc1cccc(Nc2ccc(C(=O)N3CCCC3)cn2)c1C. The Balaban J connectivity index is 1.74. The Bertz CT molecular complexity index is 673. The summed E-state index contributed by atoms with van der Waals surface area (Å²) < 4.78 is 0. The lowest BCUT2D eigenvalue weighted by Crippen LogP contribution is -2.27. The van der Waals surface area contributed by atoms with E-state index in [-0.39, 0.29) is 5.91 Å². The first-order valence-electron chi connectivity index (χ1n) is 7.74. The number of likely N-dealkylation sites (tertiary alicyclic amines) is 1. The van der Waals surface area contributed by atoms with Crippen LogP contribution in [-0.4, -0.2) is 28.9 Å². The van der Waals surface area contributed by atoms with Gasteiger partial charge in [-0.05, 0) is 56.0 Å². The molecule has 4 heteroatoms. The number of benzene rings is 1. The summed E-state index contributed by atoms with van der Waals surface area (Å²) in [6, 6.07) is 9.86. The van der Waals surface area contributed by atoms with Crippen molar-refractivity contribution in [3.05, 3.63) is 53.2 Å². The normalized spacial score (nSPS) is 14.2. The molecule has 114 valence electrons. The predicted octanol–water partition coefficient (Wildman–Crippen LogP) is 3.68. The van der Waals surface area contributed by atoms with Gasteiger partial charge in [0.15, 0.2) is 0 Å². The third kappa shape index (κ3) is 2.96. The van der Waals surface area contributed by atoms with Gasteiger partial charge < -0.3 is 10.2 Å². The number of carbonyl (C=O) groups is 1. The van der Waals surface area contributed by atoms with Crippen LogP contribution in [0.15, 0.2) is 36.5 Å². The van der Waals surface area contributed by atoms with Gasteiger partial charge in [-0.2, -0.15) is 0 Å². The molecule has 4 nitrogen and oxygen atoms in total. The number of carbonyl (C=O) groups excluding carboxylic acids is 1. The molecule has 0 atom stereocenters. The molecule has 1 saturated heterocycles. The summed E-state index contributed by atoms with van der Waals surface area (Å²) in [5, 5.41) is 3.31. The zero-order valence-electron chi connectivity index (χ0n) is 13.1. The van der Waals surface area contributed by atoms with Crippen molar-refractivity contribution in [3.63, 3.8) is 0 Å². The molecule has 1 aromatic carbocycles. The van der Waals surface area contributed by atoms with Crippen LogP contribution in [-0.2, 0) is 0 Å². The molecule has 1 amide bonds. The Hall–Kier alpha value is -2.36. The molecule has 1 fully saturated rings. The van der Waals surface area contributed by atoms with Crippen LogP contribution in [0.2, 0.25) is 0 Å². The van der Waals surface area contributed by atoms with Crippen LogP contribution in [0.5, 0.6) is 0 Å². The van der Waals surface area contributed by atoms with Crippen LogP contribution in [0.25, 0.3) is 0 Å². The molecule has 0 saturated carbocycles. The molecule has 2 aromatic rings. The van der Waals surface area contributed by atoms with Gasteiger partial charge in [0.2, 0.25) is 0 Å². The summed E-state index contributed by atoms with van der Waals surface area (Å²) in [5.41, 5.74) is 4.16. The van der Waals surface area contributed by atoms with Crippen LogP contribution in [0.1, 0.15) is 34.3 Å². The monoisotopic (exact) mass is 295 g/mol. The zero-order chi connectivity index (χ0) is 15.5. The molecule has 1 N–H and O–H groups in total. The summed E-state index contributed by atoms with van der Waals surface area (Å²) in [7, 11) is 0. The van der Waals surface area contributed by atoms with Gasteiger partial charge in [-0.3, -0.25) is 4.79 Å². The number of rotatable bonds is 3. The highest BCUT2D eigenvalue weighted by Gasteiger charge is 2.19. The van der Waals surface area contributed by atoms with Crippen molar-refractivity contribution in [2.24, 2.45) is 0 Å². The van der Waals surface area contributed by atoms with E-state index in [1.54, 1.807) is 6.20 Å². The van der Waals surface area contributed by atoms with E-state index < -0.39 is 0 Å². The van der Waals surface area contributed by atoms with Crippen molar-refractivity contribution in [1.29, 1.82) is 0 Å². The van der Waals surface area contributed by atoms with Crippen LogP contribution in [0, 0.1) is 13.8 Å². The van der Waals surface area contributed by atoms with Gasteiger partial charge in [-0.15, -0.1) is 0 Å². The van der Waals surface area contributed by atoms with E-state index in [4.69, 9.17) is 0 Å². The van der Waals surface area contributed by atoms with E-state index in [9.17, 15) is 4.79 Å². The van der Waals surface area contributed by atoms with Gasteiger partial charge in [-0.25, -0.2) is 4.98 Å². The Kier molecular flexibility index (Phi) is 4.09. The first kappa shape index (κ1) is 14.6. The summed E-state index contributed by atoms with van der Waals surface area (Å²) in [5.74, 6) is 0.843. The Morgan fingerprint density at radius 1 is 1.14 bits per heavy atom. The van der Waals surface area contributed by atoms with Crippen LogP contribution in [0.4, 0.5) is 11.5 Å². The lowest BCUT2D eigenvalue weighted by molar-refractivity contribution is 0.0792. The van der Waals surface area contributed by atoms with Crippen LogP contribution in [0.3, 0.4) is 0 Å². The number of aromatic nitrogens is 1. The number of nitrogens with zero attached hydrogens (tertiary/aromatic N) is 2. The van der Waals surface area contributed by atoms with Crippen LogP contribution >= 0.6 is 0 Å². The van der Waals surface area contributed by atoms with E-state index in [2.05, 4.69) is 30.2 Å². The maximum Gasteiger partial charge on any atom is 0.255 e. The Morgan fingerprint density at radius 2 is 1.91 bits per heavy atom. The molecule has 3 rings (SSSR count). The highest BCUT2D eigenvalue weighted by atomic mass is 16.2. The van der Waals surface area contributed by atoms with E-state index in [1.165, 1.54) is 11.1 Å². The second-order valence-electron chi connectivity index (χ2n) is 5.80. The minimum absolute atomic E-state index is 0.0864. The van der Waals surface area contributed by atoms with Gasteiger partial charge in [0.25, 0.3) is 5.91 Å². The largest absolute Gasteiger partial charge is 0.340 e. The fourth-order valence-electron chi connectivity index (χ4n) is 2.72. The lowest BCUT2D eigenvalue weighted by Gasteiger charge is -2.15. The number of aryl methyl sites for hydroxylation is 1. The number of pyridine rings is 1. The number of anilines is 2. The maximum absolute atomic E-state index is 12.3. The zero-order valence-corrected chi connectivity index (χ0v) is 13.1. The molecular formula is C18H21N3O. The molecule has 1 aromatic heterocycles. The molecule has 2 heterocycles. The van der Waals surface area contributed by atoms with Crippen molar-refractivity contribution >= 4 is 17.4 Å². The number of hydrogen-bond donors (Lipinski definition) is 1. The van der Waals surface area contributed by atoms with E-state index in [1.807, 2.05) is 29.2 Å². The summed E-state index contributed by atoms with van der Waals surface area (Å²) in [6.07, 6.45) is 3.87. The average Bonchev–Trinajstić information content (AvgIpc) is 3.06. The first-order valence-corrected chi connectivity index (χ1v) is 7.74. The molecular weight excluding hydrogens is 274 g/mol. The van der Waals surface area contributed by atoms with Crippen molar-refractivity contribution in [2.75, 3.05) is 18.4 Å². The Labute approximate surface area is 131 Å². The van der Waals surface area contributed by atoms with Crippen molar-refractivity contribution < 1.29 is 4.79 Å². The standard InChI is InChI=1S/C18H21N3O/c1-13-6-5-7-16(14(13)2)20-17-9-8-15(12-19-17)18(22)21-10-3-4-11-21/h5-9,12H,3-4,10-11H2,1-2H3,(H,19,20). The topological polar surface area (TPSA) is 45.2 Å². The molecule has 1 aliphatic rings. The summed E-state index contributed by atoms with van der Waals surface area (Å²) in [4.78, 5) is 18.6. The highest BCUT2D eigenvalue weighted by Crippen LogP contribution is 2.22. The molecule has 1 aliphatic heterocycles. The number of nitrogens with one attached hydrogen (secondary N) is 1. The summed E-state index contributed by atoms with van der Waals surface area (Å²) in [6.45, 7) is 5.90. The van der Waals surface area contributed by atoms with Gasteiger partial charge in [0.1, 0.15) is 5.82 Å². The van der Waals surface area contributed by atoms with Gasteiger partial charge in [0.05, 0.1) is 5.56 Å². The second kappa shape index (κ2) is 6.18. The molecule has 0 radical (unpaired) electrons. The van der Waals surface area contributed by atoms with E-state index in [0.717, 1.165) is 37.4 Å². The third-order valence-corrected chi connectivity index (χ3v) is 4.27. The fraction of sp³-hybridized carbons (Fsp3) is 0.333.